The summed E-state index contributed by atoms with van der Waals surface area (Å²) in [6, 6.07) is 0.594. The largest absolute Gasteiger partial charge is 0.356 e. The monoisotopic (exact) mass is 335 g/mol. The molecule has 1 aromatic rings. The van der Waals surface area contributed by atoms with Crippen molar-refractivity contribution in [2.45, 2.75) is 57.4 Å². The first-order valence-corrected chi connectivity index (χ1v) is 9.89. The SMILES string of the molecule is CN=C(NCCc1csc(N2CCCC2)n1)NC1CCCCC1. The van der Waals surface area contributed by atoms with E-state index in [2.05, 4.69) is 25.9 Å². The van der Waals surface area contributed by atoms with Crippen LogP contribution in [0.2, 0.25) is 0 Å². The minimum absolute atomic E-state index is 0.594. The molecule has 2 aliphatic rings. The van der Waals surface area contributed by atoms with Crippen LogP contribution in [0, 0.1) is 0 Å². The molecule has 2 fully saturated rings. The standard InChI is InChI=1S/C17H29N5S/c1-18-16(20-14-7-3-2-4-8-14)19-10-9-15-13-23-17(21-15)22-11-5-6-12-22/h13-14H,2-12H2,1H3,(H2,18,19,20). The molecule has 2 N–H and O–H groups in total. The minimum atomic E-state index is 0.594. The minimum Gasteiger partial charge on any atom is -0.356 e. The van der Waals surface area contributed by atoms with Crippen LogP contribution in [0.5, 0.6) is 0 Å². The molecular formula is C17H29N5S. The molecule has 1 saturated heterocycles. The highest BCUT2D eigenvalue weighted by atomic mass is 32.1. The fourth-order valence-electron chi connectivity index (χ4n) is 3.41. The number of hydrogen-bond donors (Lipinski definition) is 2. The predicted octanol–water partition coefficient (Wildman–Crippen LogP) is 2.78. The second kappa shape index (κ2) is 8.52. The molecule has 0 amide bonds. The summed E-state index contributed by atoms with van der Waals surface area (Å²) in [5, 5.41) is 10.4. The van der Waals surface area contributed by atoms with Gasteiger partial charge in [0.25, 0.3) is 0 Å². The highest BCUT2D eigenvalue weighted by Gasteiger charge is 2.16. The van der Waals surface area contributed by atoms with Crippen molar-refractivity contribution < 1.29 is 0 Å². The molecule has 128 valence electrons. The molecule has 0 aromatic carbocycles. The Bertz CT molecular complexity index is 501. The maximum Gasteiger partial charge on any atom is 0.191 e. The summed E-state index contributed by atoms with van der Waals surface area (Å²) in [7, 11) is 1.85. The van der Waals surface area contributed by atoms with Crippen LogP contribution in [0.1, 0.15) is 50.6 Å². The van der Waals surface area contributed by atoms with Gasteiger partial charge in [0.15, 0.2) is 11.1 Å². The van der Waals surface area contributed by atoms with E-state index >= 15 is 0 Å². The van der Waals surface area contributed by atoms with E-state index in [0.29, 0.717) is 6.04 Å². The number of anilines is 1. The summed E-state index contributed by atoms with van der Waals surface area (Å²) in [5.74, 6) is 0.937. The predicted molar refractivity (Wildman–Crippen MR) is 98.6 cm³/mol. The Hall–Kier alpha value is -1.30. The molecule has 0 radical (unpaired) electrons. The lowest BCUT2D eigenvalue weighted by atomic mass is 9.96. The van der Waals surface area contributed by atoms with Crippen molar-refractivity contribution in [1.29, 1.82) is 0 Å². The van der Waals surface area contributed by atoms with Gasteiger partial charge in [0.1, 0.15) is 0 Å². The lowest BCUT2D eigenvalue weighted by Gasteiger charge is -2.24. The first-order valence-electron chi connectivity index (χ1n) is 9.01. The molecule has 0 unspecified atom stereocenters. The van der Waals surface area contributed by atoms with E-state index < -0.39 is 0 Å². The fourth-order valence-corrected chi connectivity index (χ4v) is 4.32. The molecule has 3 rings (SSSR count). The highest BCUT2D eigenvalue weighted by molar-refractivity contribution is 7.13. The van der Waals surface area contributed by atoms with Gasteiger partial charge in [-0.2, -0.15) is 0 Å². The van der Waals surface area contributed by atoms with Crippen LogP contribution in [0.3, 0.4) is 0 Å². The average Bonchev–Trinajstić information content (AvgIpc) is 3.26. The van der Waals surface area contributed by atoms with Gasteiger partial charge in [-0.3, -0.25) is 4.99 Å². The fraction of sp³-hybridized carbons (Fsp3) is 0.765. The molecule has 1 aromatic heterocycles. The van der Waals surface area contributed by atoms with Crippen LogP contribution in [-0.2, 0) is 6.42 Å². The van der Waals surface area contributed by atoms with Crippen LogP contribution in [-0.4, -0.2) is 43.7 Å². The normalized spacial score (nSPS) is 20.0. The van der Waals surface area contributed by atoms with Crippen LogP contribution in [0.25, 0.3) is 0 Å². The number of nitrogens with one attached hydrogen (secondary N) is 2. The van der Waals surface area contributed by atoms with E-state index in [1.54, 1.807) is 11.3 Å². The van der Waals surface area contributed by atoms with Gasteiger partial charge in [0.05, 0.1) is 5.69 Å². The summed E-state index contributed by atoms with van der Waals surface area (Å²) in [5.41, 5.74) is 1.19. The summed E-state index contributed by atoms with van der Waals surface area (Å²) in [6.45, 7) is 3.22. The molecule has 1 aliphatic carbocycles. The molecule has 0 bridgehead atoms. The third kappa shape index (κ3) is 4.83. The van der Waals surface area contributed by atoms with Gasteiger partial charge in [-0.25, -0.2) is 4.98 Å². The molecule has 1 aliphatic heterocycles. The lowest BCUT2D eigenvalue weighted by molar-refractivity contribution is 0.410. The van der Waals surface area contributed by atoms with Crippen LogP contribution in [0.4, 0.5) is 5.13 Å². The van der Waals surface area contributed by atoms with E-state index in [0.717, 1.165) is 18.9 Å². The first kappa shape index (κ1) is 16.6. The number of aliphatic imine (C=N–C) groups is 1. The molecule has 0 spiro atoms. The topological polar surface area (TPSA) is 52.6 Å². The van der Waals surface area contributed by atoms with Crippen molar-refractivity contribution in [2.24, 2.45) is 4.99 Å². The third-order valence-electron chi connectivity index (χ3n) is 4.76. The quantitative estimate of drug-likeness (QED) is 0.642. The Morgan fingerprint density at radius 1 is 1.26 bits per heavy atom. The molecule has 5 nitrogen and oxygen atoms in total. The number of nitrogens with zero attached hydrogens (tertiary/aromatic N) is 3. The second-order valence-electron chi connectivity index (χ2n) is 6.54. The van der Waals surface area contributed by atoms with Gasteiger partial charge in [-0.1, -0.05) is 19.3 Å². The summed E-state index contributed by atoms with van der Waals surface area (Å²) in [4.78, 5) is 11.5. The Labute approximate surface area is 143 Å². The van der Waals surface area contributed by atoms with E-state index in [9.17, 15) is 0 Å². The second-order valence-corrected chi connectivity index (χ2v) is 7.38. The molecule has 1 saturated carbocycles. The third-order valence-corrected chi connectivity index (χ3v) is 5.71. The van der Waals surface area contributed by atoms with Crippen molar-refractivity contribution >= 4 is 22.4 Å². The van der Waals surface area contributed by atoms with Crippen molar-refractivity contribution in [1.82, 2.24) is 15.6 Å². The lowest BCUT2D eigenvalue weighted by Crippen LogP contribution is -2.44. The smallest absolute Gasteiger partial charge is 0.191 e. The Morgan fingerprint density at radius 3 is 2.78 bits per heavy atom. The Kier molecular flexibility index (Phi) is 6.13. The van der Waals surface area contributed by atoms with Gasteiger partial charge in [-0.05, 0) is 25.7 Å². The van der Waals surface area contributed by atoms with Gasteiger partial charge in [0.2, 0.25) is 0 Å². The zero-order valence-corrected chi connectivity index (χ0v) is 15.0. The number of rotatable bonds is 5. The maximum absolute atomic E-state index is 4.77. The summed E-state index contributed by atoms with van der Waals surface area (Å²) < 4.78 is 0. The average molecular weight is 336 g/mol. The summed E-state index contributed by atoms with van der Waals surface area (Å²) in [6.07, 6.45) is 10.2. The van der Waals surface area contributed by atoms with Crippen molar-refractivity contribution in [3.63, 3.8) is 0 Å². The molecule has 0 atom stereocenters. The van der Waals surface area contributed by atoms with E-state index in [1.807, 2.05) is 7.05 Å². The zero-order valence-electron chi connectivity index (χ0n) is 14.2. The van der Waals surface area contributed by atoms with Gasteiger partial charge in [0, 0.05) is 44.5 Å². The van der Waals surface area contributed by atoms with Crippen molar-refractivity contribution in [2.75, 3.05) is 31.6 Å². The van der Waals surface area contributed by atoms with E-state index in [4.69, 9.17) is 4.98 Å². The molecule has 23 heavy (non-hydrogen) atoms. The van der Waals surface area contributed by atoms with Gasteiger partial charge < -0.3 is 15.5 Å². The highest BCUT2D eigenvalue weighted by Crippen LogP contribution is 2.24. The number of hydrogen-bond acceptors (Lipinski definition) is 4. The maximum atomic E-state index is 4.77. The van der Waals surface area contributed by atoms with E-state index in [1.165, 1.54) is 68.9 Å². The van der Waals surface area contributed by atoms with Crippen molar-refractivity contribution in [3.05, 3.63) is 11.1 Å². The molecular weight excluding hydrogens is 306 g/mol. The van der Waals surface area contributed by atoms with Crippen molar-refractivity contribution in [3.8, 4) is 0 Å². The van der Waals surface area contributed by atoms with E-state index in [-0.39, 0.29) is 0 Å². The number of thiazole rings is 1. The van der Waals surface area contributed by atoms with Gasteiger partial charge in [-0.15, -0.1) is 11.3 Å². The number of guanidine groups is 1. The number of aromatic nitrogens is 1. The zero-order chi connectivity index (χ0) is 15.9. The molecule has 6 heteroatoms. The Balaban J connectivity index is 1.40. The van der Waals surface area contributed by atoms with Crippen LogP contribution in [0.15, 0.2) is 10.4 Å². The van der Waals surface area contributed by atoms with Crippen LogP contribution < -0.4 is 15.5 Å². The first-order chi connectivity index (χ1) is 11.3. The summed E-state index contributed by atoms with van der Waals surface area (Å²) >= 11 is 1.78. The van der Waals surface area contributed by atoms with Crippen LogP contribution >= 0.6 is 11.3 Å². The Morgan fingerprint density at radius 2 is 2.04 bits per heavy atom. The van der Waals surface area contributed by atoms with Gasteiger partial charge >= 0.3 is 0 Å². The molecule has 2 heterocycles.